The second-order valence-electron chi connectivity index (χ2n) is 6.56. The Kier molecular flexibility index (Phi) is 9.88. The number of hydrogen-bond acceptors (Lipinski definition) is 8. The minimum absolute atomic E-state index is 0.0185. The Balaban J connectivity index is 2.90. The summed E-state index contributed by atoms with van der Waals surface area (Å²) in [7, 11) is 0. The Labute approximate surface area is 176 Å². The number of carbonyl (C=O) groups is 5. The highest BCUT2D eigenvalue weighted by Crippen LogP contribution is 2.11. The van der Waals surface area contributed by atoms with E-state index in [9.17, 15) is 34.2 Å². The van der Waals surface area contributed by atoms with Crippen LogP contribution in [0.3, 0.4) is 0 Å². The van der Waals surface area contributed by atoms with Crippen molar-refractivity contribution in [2.24, 2.45) is 11.5 Å². The Morgan fingerprint density at radius 3 is 2.03 bits per heavy atom. The van der Waals surface area contributed by atoms with E-state index in [1.54, 1.807) is 0 Å². The molecule has 0 aliphatic rings. The fourth-order valence-corrected chi connectivity index (χ4v) is 2.42. The molecule has 4 amide bonds. The van der Waals surface area contributed by atoms with Crippen LogP contribution >= 0.6 is 0 Å². The SMILES string of the molecule is NC(=O)CC(N)C(=O)NC(CO)C(=O)NC(Cc1ccc(O)cc1)C(=O)NCC(=O)O. The second kappa shape index (κ2) is 12.1. The Morgan fingerprint density at radius 1 is 0.935 bits per heavy atom. The number of nitrogens with two attached hydrogens (primary N) is 2. The molecule has 0 radical (unpaired) electrons. The molecule has 1 aromatic rings. The molecule has 0 aliphatic carbocycles. The van der Waals surface area contributed by atoms with Crippen molar-refractivity contribution in [1.82, 2.24) is 16.0 Å². The second-order valence-corrected chi connectivity index (χ2v) is 6.56. The van der Waals surface area contributed by atoms with Crippen molar-refractivity contribution < 1.29 is 39.3 Å². The lowest BCUT2D eigenvalue weighted by molar-refractivity contribution is -0.138. The average molecular weight is 439 g/mol. The number of aliphatic hydroxyl groups is 1. The summed E-state index contributed by atoms with van der Waals surface area (Å²) in [6, 6.07) is 1.61. The first-order valence-electron chi connectivity index (χ1n) is 9.06. The summed E-state index contributed by atoms with van der Waals surface area (Å²) >= 11 is 0. The quantitative estimate of drug-likeness (QED) is 0.160. The first-order chi connectivity index (χ1) is 14.5. The molecule has 1 aromatic carbocycles. The maximum Gasteiger partial charge on any atom is 0.322 e. The molecule has 10 N–H and O–H groups in total. The molecule has 13 heteroatoms. The van der Waals surface area contributed by atoms with Gasteiger partial charge < -0.3 is 42.7 Å². The Morgan fingerprint density at radius 2 is 1.52 bits per heavy atom. The number of carboxylic acids is 1. The van der Waals surface area contributed by atoms with E-state index in [-0.39, 0.29) is 12.2 Å². The van der Waals surface area contributed by atoms with Gasteiger partial charge in [0, 0.05) is 6.42 Å². The van der Waals surface area contributed by atoms with E-state index in [1.807, 2.05) is 0 Å². The molecule has 0 aromatic heterocycles. The molecule has 0 spiro atoms. The molecule has 0 bridgehead atoms. The molecule has 3 atom stereocenters. The zero-order chi connectivity index (χ0) is 23.6. The van der Waals surface area contributed by atoms with E-state index in [1.165, 1.54) is 24.3 Å². The van der Waals surface area contributed by atoms with Crippen molar-refractivity contribution in [3.63, 3.8) is 0 Å². The fraction of sp³-hybridized carbons (Fsp3) is 0.389. The van der Waals surface area contributed by atoms with Gasteiger partial charge in [-0.3, -0.25) is 24.0 Å². The van der Waals surface area contributed by atoms with Crippen molar-refractivity contribution in [1.29, 1.82) is 0 Å². The van der Waals surface area contributed by atoms with E-state index >= 15 is 0 Å². The number of aromatic hydroxyl groups is 1. The highest BCUT2D eigenvalue weighted by atomic mass is 16.4. The maximum atomic E-state index is 12.5. The van der Waals surface area contributed by atoms with E-state index in [0.717, 1.165) is 0 Å². The number of benzene rings is 1. The van der Waals surface area contributed by atoms with Crippen molar-refractivity contribution in [2.75, 3.05) is 13.2 Å². The molecule has 0 saturated heterocycles. The molecule has 13 nitrogen and oxygen atoms in total. The molecular weight excluding hydrogens is 414 g/mol. The molecule has 1 rings (SSSR count). The zero-order valence-electron chi connectivity index (χ0n) is 16.4. The Hall–Kier alpha value is -3.71. The third-order valence-electron chi connectivity index (χ3n) is 4.00. The lowest BCUT2D eigenvalue weighted by atomic mass is 10.0. The van der Waals surface area contributed by atoms with Crippen LogP contribution < -0.4 is 27.4 Å². The van der Waals surface area contributed by atoms with Gasteiger partial charge in [-0.25, -0.2) is 0 Å². The predicted molar refractivity (Wildman–Crippen MR) is 105 cm³/mol. The third kappa shape index (κ3) is 9.10. The monoisotopic (exact) mass is 439 g/mol. The van der Waals surface area contributed by atoms with Crippen molar-refractivity contribution >= 4 is 29.6 Å². The molecule has 0 fully saturated rings. The normalized spacial score (nSPS) is 13.4. The summed E-state index contributed by atoms with van der Waals surface area (Å²) in [6.07, 6.45) is -0.558. The lowest BCUT2D eigenvalue weighted by Gasteiger charge is -2.23. The van der Waals surface area contributed by atoms with Crippen LogP contribution in [0.1, 0.15) is 12.0 Å². The van der Waals surface area contributed by atoms with Crippen LogP contribution in [0.5, 0.6) is 5.75 Å². The number of hydrogen-bond donors (Lipinski definition) is 8. The topological polar surface area (TPSA) is 234 Å². The smallest absolute Gasteiger partial charge is 0.322 e. The third-order valence-corrected chi connectivity index (χ3v) is 4.00. The highest BCUT2D eigenvalue weighted by molar-refractivity contribution is 5.94. The van der Waals surface area contributed by atoms with Crippen LogP contribution in [-0.4, -0.2) is 76.2 Å². The van der Waals surface area contributed by atoms with Crippen LogP contribution in [0.15, 0.2) is 24.3 Å². The first kappa shape index (κ1) is 25.3. The van der Waals surface area contributed by atoms with Gasteiger partial charge in [0.05, 0.1) is 19.1 Å². The van der Waals surface area contributed by atoms with Crippen molar-refractivity contribution in [3.8, 4) is 5.75 Å². The van der Waals surface area contributed by atoms with Gasteiger partial charge in [-0.2, -0.15) is 0 Å². The summed E-state index contributed by atoms with van der Waals surface area (Å²) in [6.45, 7) is -1.54. The van der Waals surface area contributed by atoms with Gasteiger partial charge in [0.1, 0.15) is 24.4 Å². The number of carboxylic acid groups (broad SMARTS) is 1. The first-order valence-corrected chi connectivity index (χ1v) is 9.06. The minimum Gasteiger partial charge on any atom is -0.508 e. The van der Waals surface area contributed by atoms with Crippen LogP contribution in [0, 0.1) is 0 Å². The number of carbonyl (C=O) groups excluding carboxylic acids is 4. The lowest BCUT2D eigenvalue weighted by Crippen LogP contribution is -2.57. The zero-order valence-corrected chi connectivity index (χ0v) is 16.4. The summed E-state index contributed by atoms with van der Waals surface area (Å²) in [5, 5.41) is 34.1. The van der Waals surface area contributed by atoms with Crippen molar-refractivity contribution in [3.05, 3.63) is 29.8 Å². The number of phenolic OH excluding ortho intramolecular Hbond substituents is 1. The highest BCUT2D eigenvalue weighted by Gasteiger charge is 2.28. The Bertz CT molecular complexity index is 814. The van der Waals surface area contributed by atoms with Crippen LogP contribution in [0.2, 0.25) is 0 Å². The number of rotatable bonds is 12. The number of primary amides is 1. The molecular formula is C18H25N5O8. The largest absolute Gasteiger partial charge is 0.508 e. The standard InChI is InChI=1S/C18H25N5O8/c19-11(6-14(20)26)16(29)23-13(8-24)18(31)22-12(17(30)21-7-15(27)28)5-9-1-3-10(25)4-2-9/h1-4,11-13,24-25H,5-8,19H2,(H2,20,26)(H,21,30)(H,22,31)(H,23,29)(H,27,28). The maximum absolute atomic E-state index is 12.5. The fourth-order valence-electron chi connectivity index (χ4n) is 2.42. The van der Waals surface area contributed by atoms with Gasteiger partial charge >= 0.3 is 5.97 Å². The van der Waals surface area contributed by atoms with E-state index in [4.69, 9.17) is 16.6 Å². The van der Waals surface area contributed by atoms with Gasteiger partial charge in [-0.05, 0) is 17.7 Å². The van der Waals surface area contributed by atoms with Gasteiger partial charge in [0.15, 0.2) is 0 Å². The summed E-state index contributed by atoms with van der Waals surface area (Å²) < 4.78 is 0. The predicted octanol–water partition coefficient (Wildman–Crippen LogP) is -3.70. The summed E-state index contributed by atoms with van der Waals surface area (Å²) in [5.74, 6) is -4.84. The molecule has 0 heterocycles. The molecule has 0 saturated carbocycles. The minimum atomic E-state index is -1.50. The summed E-state index contributed by atoms with van der Waals surface area (Å²) in [4.78, 5) is 58.4. The van der Waals surface area contributed by atoms with Gasteiger partial charge in [0.2, 0.25) is 23.6 Å². The van der Waals surface area contributed by atoms with Crippen LogP contribution in [0.4, 0.5) is 0 Å². The number of aliphatic carboxylic acids is 1. The number of nitrogens with one attached hydrogen (secondary N) is 3. The van der Waals surface area contributed by atoms with E-state index in [2.05, 4.69) is 16.0 Å². The van der Waals surface area contributed by atoms with Crippen LogP contribution in [0.25, 0.3) is 0 Å². The number of amides is 4. The molecule has 170 valence electrons. The molecule has 3 unspecified atom stereocenters. The molecule has 0 aliphatic heterocycles. The number of aliphatic hydroxyl groups excluding tert-OH is 1. The van der Waals surface area contributed by atoms with Gasteiger partial charge in [0.25, 0.3) is 0 Å². The number of phenols is 1. The molecule has 31 heavy (non-hydrogen) atoms. The van der Waals surface area contributed by atoms with Gasteiger partial charge in [-0.1, -0.05) is 12.1 Å². The summed E-state index contributed by atoms with van der Waals surface area (Å²) in [5.41, 5.74) is 11.0. The van der Waals surface area contributed by atoms with Gasteiger partial charge in [-0.15, -0.1) is 0 Å². The van der Waals surface area contributed by atoms with Crippen LogP contribution in [-0.2, 0) is 30.4 Å². The van der Waals surface area contributed by atoms with Crippen molar-refractivity contribution in [2.45, 2.75) is 31.0 Å². The van der Waals surface area contributed by atoms with E-state index < -0.39 is 67.3 Å². The van der Waals surface area contributed by atoms with E-state index in [0.29, 0.717) is 5.56 Å². The average Bonchev–Trinajstić information content (AvgIpc) is 2.70.